The fourth-order valence-corrected chi connectivity index (χ4v) is 3.34. The topological polar surface area (TPSA) is 77.1 Å². The minimum absolute atomic E-state index is 0.0779. The summed E-state index contributed by atoms with van der Waals surface area (Å²) in [5, 5.41) is 4.78. The van der Waals surface area contributed by atoms with Crippen molar-refractivity contribution in [2.75, 3.05) is 39.3 Å². The second-order valence-corrected chi connectivity index (χ2v) is 6.69. The molecule has 1 heterocycles. The van der Waals surface area contributed by atoms with E-state index in [0.717, 1.165) is 4.88 Å². The molecule has 1 N–H and O–H groups in total. The highest BCUT2D eigenvalue weighted by atomic mass is 32.1. The van der Waals surface area contributed by atoms with Gasteiger partial charge in [0.1, 0.15) is 0 Å². The standard InChI is InChI=1S/C19H24N2O5S/c1-13(22)21(8-7-20-18(23)12-15-6-5-9-27-15)14-10-16(24-2)19(26-4)17(11-14)25-3/h5-6,9-11H,7-8,12H2,1-4H3,(H,20,23). The van der Waals surface area contributed by atoms with Crippen molar-refractivity contribution in [1.29, 1.82) is 0 Å². The summed E-state index contributed by atoms with van der Waals surface area (Å²) < 4.78 is 16.0. The predicted octanol–water partition coefficient (Wildman–Crippen LogP) is 2.49. The molecule has 2 amide bonds. The molecule has 146 valence electrons. The van der Waals surface area contributed by atoms with Crippen LogP contribution in [0.1, 0.15) is 11.8 Å². The Morgan fingerprint density at radius 2 is 1.78 bits per heavy atom. The van der Waals surface area contributed by atoms with E-state index in [1.165, 1.54) is 39.6 Å². The molecule has 8 heteroatoms. The highest BCUT2D eigenvalue weighted by Crippen LogP contribution is 2.41. The summed E-state index contributed by atoms with van der Waals surface area (Å²) in [5.41, 5.74) is 0.601. The molecule has 1 aromatic carbocycles. The van der Waals surface area contributed by atoms with Gasteiger partial charge in [-0.15, -0.1) is 11.3 Å². The van der Waals surface area contributed by atoms with Crippen LogP contribution in [0.3, 0.4) is 0 Å². The Morgan fingerprint density at radius 3 is 2.26 bits per heavy atom. The molecule has 0 fully saturated rings. The number of rotatable bonds is 9. The molecule has 0 radical (unpaired) electrons. The smallest absolute Gasteiger partial charge is 0.225 e. The number of nitrogens with one attached hydrogen (secondary N) is 1. The SMILES string of the molecule is COc1cc(N(CCNC(=O)Cc2cccs2)C(C)=O)cc(OC)c1OC. The van der Waals surface area contributed by atoms with E-state index >= 15 is 0 Å². The van der Waals surface area contributed by atoms with Gasteiger partial charge in [-0.25, -0.2) is 0 Å². The molecule has 0 atom stereocenters. The van der Waals surface area contributed by atoms with Crippen molar-refractivity contribution in [2.45, 2.75) is 13.3 Å². The number of carbonyl (C=O) groups is 2. The van der Waals surface area contributed by atoms with Crippen LogP contribution >= 0.6 is 11.3 Å². The minimum Gasteiger partial charge on any atom is -0.493 e. The van der Waals surface area contributed by atoms with Gasteiger partial charge in [0.05, 0.1) is 33.4 Å². The maximum absolute atomic E-state index is 12.1. The minimum atomic E-state index is -0.156. The molecule has 1 aromatic heterocycles. The van der Waals surface area contributed by atoms with Crippen molar-refractivity contribution in [3.8, 4) is 17.2 Å². The zero-order valence-corrected chi connectivity index (χ0v) is 16.7. The highest BCUT2D eigenvalue weighted by molar-refractivity contribution is 7.10. The third kappa shape index (κ3) is 5.37. The van der Waals surface area contributed by atoms with Crippen molar-refractivity contribution in [3.05, 3.63) is 34.5 Å². The normalized spacial score (nSPS) is 10.2. The average Bonchev–Trinajstić information content (AvgIpc) is 3.16. The number of hydrogen-bond donors (Lipinski definition) is 1. The number of ether oxygens (including phenoxy) is 3. The van der Waals surface area contributed by atoms with Gasteiger partial charge < -0.3 is 24.4 Å². The van der Waals surface area contributed by atoms with Crippen LogP contribution in [0.2, 0.25) is 0 Å². The van der Waals surface area contributed by atoms with Gasteiger partial charge in [-0.05, 0) is 11.4 Å². The number of nitrogens with zero attached hydrogens (tertiary/aromatic N) is 1. The van der Waals surface area contributed by atoms with Gasteiger partial charge in [-0.2, -0.15) is 0 Å². The molecule has 0 spiro atoms. The van der Waals surface area contributed by atoms with E-state index in [4.69, 9.17) is 14.2 Å². The Hall–Kier alpha value is -2.74. The molecule has 27 heavy (non-hydrogen) atoms. The molecular weight excluding hydrogens is 368 g/mol. The van der Waals surface area contributed by atoms with Crippen LogP contribution in [0.4, 0.5) is 5.69 Å². The van der Waals surface area contributed by atoms with Crippen molar-refractivity contribution in [2.24, 2.45) is 0 Å². The van der Waals surface area contributed by atoms with Gasteiger partial charge in [-0.3, -0.25) is 9.59 Å². The van der Waals surface area contributed by atoms with Crippen LogP contribution in [0.15, 0.2) is 29.6 Å². The summed E-state index contributed by atoms with van der Waals surface area (Å²) in [6.07, 6.45) is 0.335. The molecule has 2 aromatic rings. The van der Waals surface area contributed by atoms with Crippen LogP contribution in [-0.2, 0) is 16.0 Å². The Balaban J connectivity index is 2.08. The first-order valence-electron chi connectivity index (χ1n) is 8.37. The molecule has 7 nitrogen and oxygen atoms in total. The summed E-state index contributed by atoms with van der Waals surface area (Å²) in [7, 11) is 4.56. The van der Waals surface area contributed by atoms with Gasteiger partial charge in [0.2, 0.25) is 17.6 Å². The third-order valence-corrected chi connectivity index (χ3v) is 4.79. The largest absolute Gasteiger partial charge is 0.493 e. The number of hydrogen-bond acceptors (Lipinski definition) is 6. The molecule has 0 aliphatic carbocycles. The van der Waals surface area contributed by atoms with Crippen LogP contribution < -0.4 is 24.4 Å². The summed E-state index contributed by atoms with van der Waals surface area (Å²) >= 11 is 1.54. The quantitative estimate of drug-likeness (QED) is 0.709. The Bertz CT molecular complexity index is 751. The lowest BCUT2D eigenvalue weighted by molar-refractivity contribution is -0.120. The second-order valence-electron chi connectivity index (χ2n) is 5.66. The Morgan fingerprint density at radius 1 is 1.11 bits per heavy atom. The van der Waals surface area contributed by atoms with Crippen molar-refractivity contribution < 1.29 is 23.8 Å². The maximum Gasteiger partial charge on any atom is 0.225 e. The maximum atomic E-state index is 12.1. The number of thiophene rings is 1. The van der Waals surface area contributed by atoms with Crippen molar-refractivity contribution in [1.82, 2.24) is 5.32 Å². The molecule has 0 saturated heterocycles. The van der Waals surface area contributed by atoms with Crippen LogP contribution in [0.25, 0.3) is 0 Å². The van der Waals surface area contributed by atoms with E-state index in [2.05, 4.69) is 5.32 Å². The highest BCUT2D eigenvalue weighted by Gasteiger charge is 2.19. The number of anilines is 1. The molecule has 2 rings (SSSR count). The fraction of sp³-hybridized carbons (Fsp3) is 0.368. The first-order chi connectivity index (χ1) is 13.0. The van der Waals surface area contributed by atoms with E-state index in [1.807, 2.05) is 17.5 Å². The fourth-order valence-electron chi connectivity index (χ4n) is 2.63. The van der Waals surface area contributed by atoms with E-state index < -0.39 is 0 Å². The molecule has 0 aliphatic rings. The summed E-state index contributed by atoms with van der Waals surface area (Å²) in [4.78, 5) is 26.7. The van der Waals surface area contributed by atoms with Gasteiger partial charge >= 0.3 is 0 Å². The monoisotopic (exact) mass is 392 g/mol. The number of amides is 2. The number of benzene rings is 1. The van der Waals surface area contributed by atoms with E-state index in [-0.39, 0.29) is 11.8 Å². The summed E-state index contributed by atoms with van der Waals surface area (Å²) in [5.74, 6) is 1.14. The first kappa shape index (κ1) is 20.6. The predicted molar refractivity (Wildman–Crippen MR) is 105 cm³/mol. The van der Waals surface area contributed by atoms with Crippen LogP contribution in [0, 0.1) is 0 Å². The second kappa shape index (κ2) is 9.82. The van der Waals surface area contributed by atoms with Gasteiger partial charge in [-0.1, -0.05) is 6.07 Å². The number of methoxy groups -OCH3 is 3. The van der Waals surface area contributed by atoms with E-state index in [9.17, 15) is 9.59 Å². The summed E-state index contributed by atoms with van der Waals surface area (Å²) in [6.45, 7) is 2.13. The third-order valence-electron chi connectivity index (χ3n) is 3.91. The lowest BCUT2D eigenvalue weighted by Gasteiger charge is -2.23. The Kier molecular flexibility index (Phi) is 7.48. The lowest BCUT2D eigenvalue weighted by Crippen LogP contribution is -2.38. The van der Waals surface area contributed by atoms with Crippen molar-refractivity contribution in [3.63, 3.8) is 0 Å². The van der Waals surface area contributed by atoms with E-state index in [0.29, 0.717) is 42.4 Å². The molecular formula is C19H24N2O5S. The molecule has 0 bridgehead atoms. The van der Waals surface area contributed by atoms with Crippen LogP contribution in [0.5, 0.6) is 17.2 Å². The van der Waals surface area contributed by atoms with Crippen molar-refractivity contribution >= 4 is 28.8 Å². The first-order valence-corrected chi connectivity index (χ1v) is 9.25. The van der Waals surface area contributed by atoms with Gasteiger partial charge in [0.15, 0.2) is 11.5 Å². The van der Waals surface area contributed by atoms with Gasteiger partial charge in [0, 0.05) is 37.0 Å². The summed E-state index contributed by atoms with van der Waals surface area (Å²) in [6, 6.07) is 7.24. The van der Waals surface area contributed by atoms with E-state index in [1.54, 1.807) is 17.0 Å². The molecule has 0 unspecified atom stereocenters. The Labute approximate surface area is 162 Å². The average molecular weight is 392 g/mol. The zero-order chi connectivity index (χ0) is 19.8. The molecule has 0 saturated carbocycles. The molecule has 0 aliphatic heterocycles. The van der Waals surface area contributed by atoms with Crippen LogP contribution in [-0.4, -0.2) is 46.2 Å². The zero-order valence-electron chi connectivity index (χ0n) is 15.9. The lowest BCUT2D eigenvalue weighted by atomic mass is 10.2. The number of carbonyl (C=O) groups excluding carboxylic acids is 2. The van der Waals surface area contributed by atoms with Gasteiger partial charge in [0.25, 0.3) is 0 Å².